The molecular formula is C13H20N2O5S2. The molecule has 22 heavy (non-hydrogen) atoms. The molecule has 1 aromatic rings. The van der Waals surface area contributed by atoms with Crippen LogP contribution >= 0.6 is 0 Å². The van der Waals surface area contributed by atoms with Crippen molar-refractivity contribution in [2.75, 3.05) is 34.8 Å². The van der Waals surface area contributed by atoms with Crippen molar-refractivity contribution in [3.63, 3.8) is 0 Å². The number of nitrogens with zero attached hydrogens (tertiary/aromatic N) is 1. The van der Waals surface area contributed by atoms with Crippen LogP contribution in [0.3, 0.4) is 0 Å². The van der Waals surface area contributed by atoms with E-state index in [2.05, 4.69) is 4.72 Å². The van der Waals surface area contributed by atoms with Crippen molar-refractivity contribution < 1.29 is 21.6 Å². The second-order valence-electron chi connectivity index (χ2n) is 5.32. The molecular weight excluding hydrogens is 328 g/mol. The van der Waals surface area contributed by atoms with E-state index in [9.17, 15) is 16.8 Å². The Morgan fingerprint density at radius 2 is 1.59 bits per heavy atom. The number of sulfonamides is 2. The molecule has 7 nitrogen and oxygen atoms in total. The standard InChI is InChI=1S/C13H20N2O5S2/c1-21(16,17)14-11-3-5-12(6-4-11)15(22(2,18)19)13-7-9-20-10-8-13/h3-6,13-14H,7-10H2,1-2H3. The normalized spacial score (nSPS) is 17.2. The van der Waals surface area contributed by atoms with Gasteiger partial charge in [0.25, 0.3) is 0 Å². The van der Waals surface area contributed by atoms with Crippen LogP contribution in [0.25, 0.3) is 0 Å². The van der Waals surface area contributed by atoms with E-state index in [0.29, 0.717) is 37.4 Å². The second kappa shape index (κ2) is 6.43. The minimum absolute atomic E-state index is 0.141. The van der Waals surface area contributed by atoms with Gasteiger partial charge in [0.05, 0.1) is 18.2 Å². The molecule has 1 fully saturated rings. The molecule has 2 rings (SSSR count). The fourth-order valence-corrected chi connectivity index (χ4v) is 4.30. The van der Waals surface area contributed by atoms with Gasteiger partial charge in [-0.15, -0.1) is 0 Å². The summed E-state index contributed by atoms with van der Waals surface area (Å²) in [4.78, 5) is 0. The summed E-state index contributed by atoms with van der Waals surface area (Å²) in [5.74, 6) is 0. The Labute approximate surface area is 131 Å². The van der Waals surface area contributed by atoms with Crippen molar-refractivity contribution in [1.82, 2.24) is 0 Å². The fourth-order valence-electron chi connectivity index (χ4n) is 2.48. The minimum Gasteiger partial charge on any atom is -0.381 e. The summed E-state index contributed by atoms with van der Waals surface area (Å²) >= 11 is 0. The molecule has 1 aliphatic heterocycles. The van der Waals surface area contributed by atoms with Gasteiger partial charge in [-0.2, -0.15) is 0 Å². The average Bonchev–Trinajstić information content (AvgIpc) is 2.39. The number of hydrogen-bond donors (Lipinski definition) is 1. The van der Waals surface area contributed by atoms with E-state index >= 15 is 0 Å². The summed E-state index contributed by atoms with van der Waals surface area (Å²) in [7, 11) is -6.78. The first-order valence-electron chi connectivity index (χ1n) is 6.82. The summed E-state index contributed by atoms with van der Waals surface area (Å²) in [6.45, 7) is 1.06. The van der Waals surface area contributed by atoms with E-state index in [1.165, 1.54) is 10.6 Å². The quantitative estimate of drug-likeness (QED) is 0.857. The molecule has 124 valence electrons. The highest BCUT2D eigenvalue weighted by Gasteiger charge is 2.28. The van der Waals surface area contributed by atoms with Gasteiger partial charge in [0.15, 0.2) is 0 Å². The molecule has 0 bridgehead atoms. The van der Waals surface area contributed by atoms with Gasteiger partial charge in [0.2, 0.25) is 20.0 Å². The summed E-state index contributed by atoms with van der Waals surface area (Å²) in [5.41, 5.74) is 0.917. The van der Waals surface area contributed by atoms with Crippen LogP contribution in [0.5, 0.6) is 0 Å². The van der Waals surface area contributed by atoms with Crippen LogP contribution in [0.15, 0.2) is 24.3 Å². The van der Waals surface area contributed by atoms with Crippen LogP contribution in [0.2, 0.25) is 0 Å². The zero-order chi connectivity index (χ0) is 16.4. The number of hydrogen-bond acceptors (Lipinski definition) is 5. The van der Waals surface area contributed by atoms with Crippen molar-refractivity contribution in [1.29, 1.82) is 0 Å². The zero-order valence-corrected chi connectivity index (χ0v) is 14.2. The lowest BCUT2D eigenvalue weighted by Gasteiger charge is -2.34. The van der Waals surface area contributed by atoms with Crippen LogP contribution in [0, 0.1) is 0 Å². The van der Waals surface area contributed by atoms with Crippen molar-refractivity contribution in [3.05, 3.63) is 24.3 Å². The molecule has 0 atom stereocenters. The van der Waals surface area contributed by atoms with Crippen LogP contribution < -0.4 is 9.03 Å². The number of benzene rings is 1. The molecule has 1 aliphatic rings. The lowest BCUT2D eigenvalue weighted by Crippen LogP contribution is -2.43. The molecule has 0 amide bonds. The van der Waals surface area contributed by atoms with Crippen molar-refractivity contribution in [3.8, 4) is 0 Å². The SMILES string of the molecule is CS(=O)(=O)Nc1ccc(N(C2CCOCC2)S(C)(=O)=O)cc1. The third-order valence-corrected chi connectivity index (χ3v) is 5.13. The summed E-state index contributed by atoms with van der Waals surface area (Å²) in [5, 5.41) is 0. The third kappa shape index (κ3) is 4.59. The van der Waals surface area contributed by atoms with E-state index in [1.54, 1.807) is 24.3 Å². The first-order chi connectivity index (χ1) is 10.2. The van der Waals surface area contributed by atoms with Crippen molar-refractivity contribution in [2.45, 2.75) is 18.9 Å². The largest absolute Gasteiger partial charge is 0.381 e. The van der Waals surface area contributed by atoms with Gasteiger partial charge in [0.1, 0.15) is 0 Å². The van der Waals surface area contributed by atoms with Gasteiger partial charge in [0, 0.05) is 24.9 Å². The molecule has 0 unspecified atom stereocenters. The van der Waals surface area contributed by atoms with Gasteiger partial charge in [-0.25, -0.2) is 16.8 Å². The van der Waals surface area contributed by atoms with Crippen LogP contribution in [0.1, 0.15) is 12.8 Å². The van der Waals surface area contributed by atoms with Crippen LogP contribution in [0.4, 0.5) is 11.4 Å². The summed E-state index contributed by atoms with van der Waals surface area (Å²) in [6.07, 6.45) is 3.50. The molecule has 1 N–H and O–H groups in total. The predicted molar refractivity (Wildman–Crippen MR) is 86.1 cm³/mol. The van der Waals surface area contributed by atoms with E-state index in [0.717, 1.165) is 6.26 Å². The maximum absolute atomic E-state index is 12.1. The van der Waals surface area contributed by atoms with E-state index in [1.807, 2.05) is 0 Å². The average molecular weight is 348 g/mol. The third-order valence-electron chi connectivity index (χ3n) is 3.30. The maximum Gasteiger partial charge on any atom is 0.232 e. The molecule has 0 aliphatic carbocycles. The van der Waals surface area contributed by atoms with Gasteiger partial charge in [-0.05, 0) is 37.1 Å². The van der Waals surface area contributed by atoms with Gasteiger partial charge in [-0.3, -0.25) is 9.03 Å². The molecule has 0 spiro atoms. The minimum atomic E-state index is -3.43. The Bertz CT molecular complexity index is 707. The highest BCUT2D eigenvalue weighted by Crippen LogP contribution is 2.27. The Morgan fingerprint density at radius 1 is 1.05 bits per heavy atom. The Kier molecular flexibility index (Phi) is 4.98. The molecule has 1 aromatic carbocycles. The number of anilines is 2. The molecule has 9 heteroatoms. The molecule has 1 heterocycles. The monoisotopic (exact) mass is 348 g/mol. The number of nitrogens with one attached hydrogen (secondary N) is 1. The maximum atomic E-state index is 12.1. The highest BCUT2D eigenvalue weighted by molar-refractivity contribution is 7.92. The van der Waals surface area contributed by atoms with E-state index in [4.69, 9.17) is 4.74 Å². The second-order valence-corrected chi connectivity index (χ2v) is 8.93. The van der Waals surface area contributed by atoms with Crippen LogP contribution in [-0.2, 0) is 24.8 Å². The lowest BCUT2D eigenvalue weighted by atomic mass is 10.1. The molecule has 0 saturated carbocycles. The number of rotatable bonds is 5. The van der Waals surface area contributed by atoms with Crippen molar-refractivity contribution in [2.24, 2.45) is 0 Å². The zero-order valence-electron chi connectivity index (χ0n) is 12.5. The molecule has 1 saturated heterocycles. The fraction of sp³-hybridized carbons (Fsp3) is 0.538. The van der Waals surface area contributed by atoms with Gasteiger partial charge in [-0.1, -0.05) is 0 Å². The lowest BCUT2D eigenvalue weighted by molar-refractivity contribution is 0.0876. The topological polar surface area (TPSA) is 92.8 Å². The van der Waals surface area contributed by atoms with Crippen molar-refractivity contribution >= 4 is 31.4 Å². The number of ether oxygens (including phenoxy) is 1. The predicted octanol–water partition coefficient (Wildman–Crippen LogP) is 1.00. The first kappa shape index (κ1) is 17.0. The summed E-state index contributed by atoms with van der Waals surface area (Å²) in [6, 6.07) is 6.16. The van der Waals surface area contributed by atoms with E-state index < -0.39 is 20.0 Å². The Balaban J connectivity index is 2.28. The Morgan fingerprint density at radius 3 is 2.05 bits per heavy atom. The first-order valence-corrected chi connectivity index (χ1v) is 10.6. The van der Waals surface area contributed by atoms with Crippen LogP contribution in [-0.4, -0.2) is 48.6 Å². The smallest absolute Gasteiger partial charge is 0.232 e. The van der Waals surface area contributed by atoms with E-state index in [-0.39, 0.29) is 6.04 Å². The highest BCUT2D eigenvalue weighted by atomic mass is 32.2. The Hall–Kier alpha value is -1.32. The molecule has 0 aromatic heterocycles. The molecule has 0 radical (unpaired) electrons. The summed E-state index contributed by atoms with van der Waals surface area (Å²) < 4.78 is 55.6. The van der Waals surface area contributed by atoms with Gasteiger partial charge >= 0.3 is 0 Å². The van der Waals surface area contributed by atoms with Gasteiger partial charge < -0.3 is 4.74 Å².